The number of amides is 2. The molecule has 1 N–H and O–H groups in total. The molecule has 6 heteroatoms. The van der Waals surface area contributed by atoms with Gasteiger partial charge in [0.1, 0.15) is 5.00 Å². The third-order valence-electron chi connectivity index (χ3n) is 3.69. The first-order chi connectivity index (χ1) is 10.8. The third-order valence-corrected chi connectivity index (χ3v) is 4.35. The number of aryl methyl sites for hydroxylation is 1. The second-order valence-electron chi connectivity index (χ2n) is 5.27. The van der Waals surface area contributed by atoms with Gasteiger partial charge in [0.2, 0.25) is 0 Å². The molecule has 1 aromatic heterocycles. The van der Waals surface area contributed by atoms with Gasteiger partial charge in [-0.3, -0.25) is 5.32 Å². The molecule has 1 aromatic carbocycles. The number of ether oxygens (including phenoxy) is 1. The van der Waals surface area contributed by atoms with Gasteiger partial charge in [0.25, 0.3) is 0 Å². The van der Waals surface area contributed by atoms with Crippen LogP contribution in [0.25, 0.3) is 0 Å². The number of urea groups is 1. The second-order valence-corrected chi connectivity index (χ2v) is 6.10. The van der Waals surface area contributed by atoms with Crippen LogP contribution >= 0.6 is 11.5 Å². The molecule has 22 heavy (non-hydrogen) atoms. The molecule has 1 saturated heterocycles. The predicted octanol–water partition coefficient (Wildman–Crippen LogP) is 3.01. The fourth-order valence-corrected chi connectivity index (χ4v) is 3.01. The summed E-state index contributed by atoms with van der Waals surface area (Å²) >= 11 is 1.28. The SMILES string of the molecule is O=C(Nc1ccns1)N1CCOC(CCc2ccccc2)C1. The Morgan fingerprint density at radius 2 is 2.23 bits per heavy atom. The summed E-state index contributed by atoms with van der Waals surface area (Å²) in [6.07, 6.45) is 3.67. The van der Waals surface area contributed by atoms with E-state index >= 15 is 0 Å². The van der Waals surface area contributed by atoms with Gasteiger partial charge in [-0.25, -0.2) is 4.79 Å². The Kier molecular flexibility index (Phi) is 5.03. The third kappa shape index (κ3) is 4.05. The summed E-state index contributed by atoms with van der Waals surface area (Å²) in [6, 6.07) is 12.1. The van der Waals surface area contributed by atoms with Crippen molar-refractivity contribution in [3.05, 3.63) is 48.2 Å². The molecule has 2 aromatic rings. The van der Waals surface area contributed by atoms with Crippen molar-refractivity contribution in [1.82, 2.24) is 9.27 Å². The highest BCUT2D eigenvalue weighted by Crippen LogP contribution is 2.16. The maximum absolute atomic E-state index is 12.2. The van der Waals surface area contributed by atoms with Crippen molar-refractivity contribution in [2.45, 2.75) is 18.9 Å². The summed E-state index contributed by atoms with van der Waals surface area (Å²) < 4.78 is 9.77. The smallest absolute Gasteiger partial charge is 0.322 e. The lowest BCUT2D eigenvalue weighted by atomic mass is 10.1. The van der Waals surface area contributed by atoms with E-state index in [4.69, 9.17) is 4.74 Å². The van der Waals surface area contributed by atoms with Gasteiger partial charge in [0.05, 0.1) is 12.7 Å². The average Bonchev–Trinajstić information content (AvgIpc) is 3.07. The normalized spacial score (nSPS) is 18.2. The molecule has 1 aliphatic heterocycles. The van der Waals surface area contributed by atoms with Gasteiger partial charge in [0.15, 0.2) is 0 Å². The largest absolute Gasteiger partial charge is 0.375 e. The number of carbonyl (C=O) groups is 1. The molecule has 0 saturated carbocycles. The summed E-state index contributed by atoms with van der Waals surface area (Å²) in [7, 11) is 0. The van der Waals surface area contributed by atoms with Gasteiger partial charge in [0, 0.05) is 19.3 Å². The van der Waals surface area contributed by atoms with E-state index in [0.717, 1.165) is 17.8 Å². The highest BCUT2D eigenvalue weighted by Gasteiger charge is 2.24. The lowest BCUT2D eigenvalue weighted by Gasteiger charge is -2.32. The molecule has 0 bridgehead atoms. The average molecular weight is 317 g/mol. The molecule has 116 valence electrons. The number of aromatic nitrogens is 1. The minimum Gasteiger partial charge on any atom is -0.375 e. The molecule has 0 spiro atoms. The van der Waals surface area contributed by atoms with Gasteiger partial charge in [-0.05, 0) is 36.0 Å². The Balaban J connectivity index is 1.49. The highest BCUT2D eigenvalue weighted by atomic mass is 32.1. The Bertz CT molecular complexity index is 589. The molecule has 1 atom stereocenters. The van der Waals surface area contributed by atoms with Crippen molar-refractivity contribution in [2.75, 3.05) is 25.0 Å². The maximum Gasteiger partial charge on any atom is 0.322 e. The van der Waals surface area contributed by atoms with E-state index in [1.54, 1.807) is 12.3 Å². The first-order valence-corrected chi connectivity index (χ1v) is 8.21. The number of benzene rings is 1. The molecular formula is C16H19N3O2S. The van der Waals surface area contributed by atoms with Gasteiger partial charge in [-0.1, -0.05) is 30.3 Å². The molecular weight excluding hydrogens is 298 g/mol. The molecule has 5 nitrogen and oxygen atoms in total. The van der Waals surface area contributed by atoms with Gasteiger partial charge in [-0.15, -0.1) is 0 Å². The monoisotopic (exact) mass is 317 g/mol. The second kappa shape index (κ2) is 7.38. The Labute approximate surface area is 134 Å². The van der Waals surface area contributed by atoms with E-state index in [9.17, 15) is 4.79 Å². The Morgan fingerprint density at radius 3 is 3.00 bits per heavy atom. The zero-order chi connectivity index (χ0) is 15.2. The molecule has 1 fully saturated rings. The summed E-state index contributed by atoms with van der Waals surface area (Å²) in [5, 5.41) is 3.65. The van der Waals surface area contributed by atoms with E-state index in [1.807, 2.05) is 23.1 Å². The molecule has 0 radical (unpaired) electrons. The first-order valence-electron chi connectivity index (χ1n) is 7.43. The predicted molar refractivity (Wildman–Crippen MR) is 87.2 cm³/mol. The number of nitrogens with one attached hydrogen (secondary N) is 1. The van der Waals surface area contributed by atoms with Gasteiger partial charge < -0.3 is 9.64 Å². The topological polar surface area (TPSA) is 54.5 Å². The number of carbonyl (C=O) groups excluding carboxylic acids is 1. The van der Waals surface area contributed by atoms with E-state index in [-0.39, 0.29) is 12.1 Å². The van der Waals surface area contributed by atoms with Crippen LogP contribution in [0.3, 0.4) is 0 Å². The van der Waals surface area contributed by atoms with Gasteiger partial charge >= 0.3 is 6.03 Å². The van der Waals surface area contributed by atoms with Crippen LogP contribution in [0.4, 0.5) is 9.80 Å². The van der Waals surface area contributed by atoms with E-state index in [1.165, 1.54) is 17.1 Å². The van der Waals surface area contributed by atoms with Crippen molar-refractivity contribution in [3.8, 4) is 0 Å². The van der Waals surface area contributed by atoms with Crippen molar-refractivity contribution in [3.63, 3.8) is 0 Å². The Morgan fingerprint density at radius 1 is 1.36 bits per heavy atom. The molecule has 1 unspecified atom stereocenters. The quantitative estimate of drug-likeness (QED) is 0.943. The molecule has 2 amide bonds. The molecule has 2 heterocycles. The highest BCUT2D eigenvalue weighted by molar-refractivity contribution is 7.10. The lowest BCUT2D eigenvalue weighted by Crippen LogP contribution is -2.47. The van der Waals surface area contributed by atoms with Crippen LogP contribution in [0.15, 0.2) is 42.6 Å². The zero-order valence-corrected chi connectivity index (χ0v) is 13.1. The minimum absolute atomic E-state index is 0.0720. The molecule has 3 rings (SSSR count). The van der Waals surface area contributed by atoms with E-state index in [2.05, 4.69) is 21.8 Å². The number of morpholine rings is 1. The number of anilines is 1. The van der Waals surface area contributed by atoms with E-state index < -0.39 is 0 Å². The van der Waals surface area contributed by atoms with Crippen LogP contribution in [0.2, 0.25) is 0 Å². The van der Waals surface area contributed by atoms with Crippen molar-refractivity contribution in [1.29, 1.82) is 0 Å². The molecule has 0 aliphatic carbocycles. The summed E-state index contributed by atoms with van der Waals surface area (Å²) in [5.41, 5.74) is 1.30. The fourth-order valence-electron chi connectivity index (χ4n) is 2.52. The van der Waals surface area contributed by atoms with Crippen molar-refractivity contribution in [2.24, 2.45) is 0 Å². The van der Waals surface area contributed by atoms with Gasteiger partial charge in [-0.2, -0.15) is 4.37 Å². The first kappa shape index (κ1) is 15.0. The van der Waals surface area contributed by atoms with Crippen LogP contribution in [0, 0.1) is 0 Å². The fraction of sp³-hybridized carbons (Fsp3) is 0.375. The minimum atomic E-state index is -0.0720. The number of hydrogen-bond acceptors (Lipinski definition) is 4. The van der Waals surface area contributed by atoms with Crippen LogP contribution < -0.4 is 5.32 Å². The molecule has 1 aliphatic rings. The van der Waals surface area contributed by atoms with Crippen LogP contribution in [0.1, 0.15) is 12.0 Å². The zero-order valence-electron chi connectivity index (χ0n) is 12.3. The maximum atomic E-state index is 12.2. The van der Waals surface area contributed by atoms with E-state index in [0.29, 0.717) is 19.7 Å². The van der Waals surface area contributed by atoms with Crippen molar-refractivity contribution >= 4 is 22.6 Å². The summed E-state index contributed by atoms with van der Waals surface area (Å²) in [4.78, 5) is 14.0. The number of nitrogens with zero attached hydrogens (tertiary/aromatic N) is 2. The summed E-state index contributed by atoms with van der Waals surface area (Å²) in [6.45, 7) is 1.86. The van der Waals surface area contributed by atoms with Crippen LogP contribution in [-0.2, 0) is 11.2 Å². The van der Waals surface area contributed by atoms with Crippen LogP contribution in [-0.4, -0.2) is 41.1 Å². The number of hydrogen-bond donors (Lipinski definition) is 1. The standard InChI is InChI=1S/C16H19N3O2S/c20-16(18-15-8-9-17-22-15)19-10-11-21-14(12-19)7-6-13-4-2-1-3-5-13/h1-5,8-9,14H,6-7,10-12H2,(H,18,20). The number of rotatable bonds is 4. The lowest BCUT2D eigenvalue weighted by molar-refractivity contribution is -0.0157. The Hall–Kier alpha value is -1.92. The summed E-state index contributed by atoms with van der Waals surface area (Å²) in [5.74, 6) is 0. The van der Waals surface area contributed by atoms with Crippen molar-refractivity contribution < 1.29 is 9.53 Å². The van der Waals surface area contributed by atoms with Crippen LogP contribution in [0.5, 0.6) is 0 Å².